The Bertz CT molecular complexity index is 523. The van der Waals surface area contributed by atoms with Gasteiger partial charge in [0.25, 0.3) is 0 Å². The first-order chi connectivity index (χ1) is 7.56. The van der Waals surface area contributed by atoms with Crippen LogP contribution in [0.3, 0.4) is 0 Å². The van der Waals surface area contributed by atoms with Gasteiger partial charge in [-0.1, -0.05) is 17.7 Å². The van der Waals surface area contributed by atoms with Gasteiger partial charge in [-0.25, -0.2) is 0 Å². The van der Waals surface area contributed by atoms with Gasteiger partial charge in [-0.3, -0.25) is 0 Å². The highest BCUT2D eigenvalue weighted by Gasteiger charge is 2.06. The molecule has 0 aliphatic heterocycles. The molecular weight excluding hydrogens is 222 g/mol. The smallest absolute Gasteiger partial charge is 0.119 e. The molecule has 0 bridgehead atoms. The Morgan fingerprint density at radius 1 is 1.25 bits per heavy atom. The van der Waals surface area contributed by atoms with Crippen molar-refractivity contribution in [1.82, 2.24) is 0 Å². The molecule has 2 rings (SSSR count). The number of benzene rings is 2. The van der Waals surface area contributed by atoms with Crippen LogP contribution in [0.5, 0.6) is 5.75 Å². The molecule has 0 saturated carbocycles. The topological polar surface area (TPSA) is 46.2 Å². The van der Waals surface area contributed by atoms with Crippen molar-refractivity contribution in [2.45, 2.75) is 19.4 Å². The molecule has 2 nitrogen and oxygen atoms in total. The predicted octanol–water partition coefficient (Wildman–Crippen LogP) is 3.09. The van der Waals surface area contributed by atoms with Gasteiger partial charge in [-0.2, -0.15) is 0 Å². The van der Waals surface area contributed by atoms with Crippen LogP contribution >= 0.6 is 11.6 Å². The summed E-state index contributed by atoms with van der Waals surface area (Å²) in [6, 6.07) is 9.33. The maximum Gasteiger partial charge on any atom is 0.119 e. The van der Waals surface area contributed by atoms with E-state index in [2.05, 4.69) is 0 Å². The summed E-state index contributed by atoms with van der Waals surface area (Å²) in [7, 11) is 0. The number of phenols is 1. The first-order valence-corrected chi connectivity index (χ1v) is 5.61. The molecule has 0 saturated heterocycles. The van der Waals surface area contributed by atoms with Gasteiger partial charge in [-0.15, -0.1) is 0 Å². The van der Waals surface area contributed by atoms with Crippen LogP contribution in [0.1, 0.15) is 12.5 Å². The van der Waals surface area contributed by atoms with Gasteiger partial charge in [0, 0.05) is 11.1 Å². The van der Waals surface area contributed by atoms with Crippen LogP contribution in [0.4, 0.5) is 0 Å². The summed E-state index contributed by atoms with van der Waals surface area (Å²) in [5.74, 6) is 0.298. The minimum atomic E-state index is 0.0301. The summed E-state index contributed by atoms with van der Waals surface area (Å²) >= 11 is 5.93. The third-order valence-corrected chi connectivity index (χ3v) is 2.78. The molecule has 0 aliphatic rings. The largest absolute Gasteiger partial charge is 0.508 e. The third kappa shape index (κ3) is 2.29. The second-order valence-electron chi connectivity index (χ2n) is 4.15. The average Bonchev–Trinajstić information content (AvgIpc) is 2.19. The lowest BCUT2D eigenvalue weighted by molar-refractivity contribution is 0.466. The van der Waals surface area contributed by atoms with E-state index in [0.717, 1.165) is 16.3 Å². The number of phenolic OH excluding ortho intramolecular Hbond substituents is 1. The molecule has 16 heavy (non-hydrogen) atoms. The molecule has 0 heterocycles. The molecule has 2 aromatic carbocycles. The molecule has 0 radical (unpaired) electrons. The van der Waals surface area contributed by atoms with Crippen LogP contribution in [-0.2, 0) is 6.42 Å². The standard InChI is InChI=1S/C13H14ClNO/c1-8(15)4-11-5-10-6-12(14)3-2-9(10)7-13(11)16/h2-3,5-8,16H,4,15H2,1H3. The molecule has 84 valence electrons. The molecule has 3 N–H and O–H groups in total. The number of aromatic hydroxyl groups is 1. The number of hydrogen-bond donors (Lipinski definition) is 2. The van der Waals surface area contributed by atoms with E-state index in [1.807, 2.05) is 31.2 Å². The van der Waals surface area contributed by atoms with Crippen LogP contribution in [0.2, 0.25) is 5.02 Å². The first-order valence-electron chi connectivity index (χ1n) is 5.23. The molecule has 0 aromatic heterocycles. The fraction of sp³-hybridized carbons (Fsp3) is 0.231. The van der Waals surface area contributed by atoms with Crippen molar-refractivity contribution >= 4 is 22.4 Å². The van der Waals surface area contributed by atoms with E-state index < -0.39 is 0 Å². The van der Waals surface area contributed by atoms with E-state index in [-0.39, 0.29) is 6.04 Å². The fourth-order valence-electron chi connectivity index (χ4n) is 1.81. The fourth-order valence-corrected chi connectivity index (χ4v) is 1.99. The SMILES string of the molecule is CC(N)Cc1cc2cc(Cl)ccc2cc1O. The number of fused-ring (bicyclic) bond motifs is 1. The quantitative estimate of drug-likeness (QED) is 0.840. The zero-order valence-corrected chi connectivity index (χ0v) is 9.83. The van der Waals surface area contributed by atoms with Crippen LogP contribution in [-0.4, -0.2) is 11.1 Å². The lowest BCUT2D eigenvalue weighted by Gasteiger charge is -2.09. The summed E-state index contributed by atoms with van der Waals surface area (Å²) in [6.45, 7) is 1.92. The molecule has 0 spiro atoms. The highest BCUT2D eigenvalue weighted by Crippen LogP contribution is 2.27. The van der Waals surface area contributed by atoms with Crippen molar-refractivity contribution in [3.63, 3.8) is 0 Å². The Morgan fingerprint density at radius 3 is 2.69 bits per heavy atom. The van der Waals surface area contributed by atoms with Gasteiger partial charge in [0.1, 0.15) is 5.75 Å². The zero-order valence-electron chi connectivity index (χ0n) is 9.07. The van der Waals surface area contributed by atoms with Gasteiger partial charge in [0.2, 0.25) is 0 Å². The Kier molecular flexibility index (Phi) is 3.03. The minimum absolute atomic E-state index is 0.0301. The molecule has 1 unspecified atom stereocenters. The zero-order chi connectivity index (χ0) is 11.7. The van der Waals surface area contributed by atoms with E-state index in [1.165, 1.54) is 0 Å². The van der Waals surface area contributed by atoms with Gasteiger partial charge >= 0.3 is 0 Å². The number of halogens is 1. The monoisotopic (exact) mass is 235 g/mol. The maximum atomic E-state index is 9.84. The molecule has 2 aromatic rings. The van der Waals surface area contributed by atoms with Gasteiger partial charge in [0.05, 0.1) is 0 Å². The first kappa shape index (κ1) is 11.2. The van der Waals surface area contributed by atoms with Crippen molar-refractivity contribution in [3.05, 3.63) is 40.9 Å². The summed E-state index contributed by atoms with van der Waals surface area (Å²) in [6.07, 6.45) is 0.661. The average molecular weight is 236 g/mol. The Labute approximate surface area is 99.6 Å². The summed E-state index contributed by atoms with van der Waals surface area (Å²) in [4.78, 5) is 0. The number of rotatable bonds is 2. The molecular formula is C13H14ClNO. The van der Waals surface area contributed by atoms with E-state index in [0.29, 0.717) is 17.2 Å². The lowest BCUT2D eigenvalue weighted by Crippen LogP contribution is -2.17. The maximum absolute atomic E-state index is 9.84. The highest BCUT2D eigenvalue weighted by molar-refractivity contribution is 6.31. The molecule has 0 fully saturated rings. The Hall–Kier alpha value is -1.25. The van der Waals surface area contributed by atoms with Crippen LogP contribution in [0.15, 0.2) is 30.3 Å². The van der Waals surface area contributed by atoms with Crippen molar-refractivity contribution in [2.75, 3.05) is 0 Å². The summed E-state index contributed by atoms with van der Waals surface area (Å²) < 4.78 is 0. The Morgan fingerprint density at radius 2 is 2.00 bits per heavy atom. The summed E-state index contributed by atoms with van der Waals surface area (Å²) in [5.41, 5.74) is 6.60. The minimum Gasteiger partial charge on any atom is -0.508 e. The van der Waals surface area contributed by atoms with Crippen molar-refractivity contribution in [2.24, 2.45) is 5.73 Å². The van der Waals surface area contributed by atoms with E-state index >= 15 is 0 Å². The van der Waals surface area contributed by atoms with Crippen molar-refractivity contribution in [1.29, 1.82) is 0 Å². The van der Waals surface area contributed by atoms with Gasteiger partial charge in [-0.05, 0) is 53.9 Å². The van der Waals surface area contributed by atoms with Gasteiger partial charge in [0.15, 0.2) is 0 Å². The summed E-state index contributed by atoms with van der Waals surface area (Å²) in [5, 5.41) is 12.5. The second-order valence-corrected chi connectivity index (χ2v) is 4.59. The molecule has 1 atom stereocenters. The van der Waals surface area contributed by atoms with Crippen LogP contribution in [0.25, 0.3) is 10.8 Å². The normalized spacial score (nSPS) is 12.9. The Balaban J connectivity index is 2.55. The van der Waals surface area contributed by atoms with Crippen LogP contribution < -0.4 is 5.73 Å². The van der Waals surface area contributed by atoms with Crippen molar-refractivity contribution in [3.8, 4) is 5.75 Å². The van der Waals surface area contributed by atoms with Crippen molar-refractivity contribution < 1.29 is 5.11 Å². The van der Waals surface area contributed by atoms with E-state index in [4.69, 9.17) is 17.3 Å². The number of hydrogen-bond acceptors (Lipinski definition) is 2. The molecule has 0 amide bonds. The predicted molar refractivity (Wildman–Crippen MR) is 68.0 cm³/mol. The second kappa shape index (κ2) is 4.32. The van der Waals surface area contributed by atoms with E-state index in [9.17, 15) is 5.11 Å². The highest BCUT2D eigenvalue weighted by atomic mass is 35.5. The lowest BCUT2D eigenvalue weighted by atomic mass is 10.0. The molecule has 0 aliphatic carbocycles. The molecule has 3 heteroatoms. The number of nitrogens with two attached hydrogens (primary N) is 1. The van der Waals surface area contributed by atoms with Crippen LogP contribution in [0, 0.1) is 0 Å². The third-order valence-electron chi connectivity index (χ3n) is 2.54. The van der Waals surface area contributed by atoms with E-state index in [1.54, 1.807) is 6.07 Å². The van der Waals surface area contributed by atoms with Gasteiger partial charge < -0.3 is 10.8 Å².